The lowest BCUT2D eigenvalue weighted by molar-refractivity contribution is 0.282. The van der Waals surface area contributed by atoms with Gasteiger partial charge in [-0.1, -0.05) is 0 Å². The zero-order valence-electron chi connectivity index (χ0n) is 8.53. The van der Waals surface area contributed by atoms with Crippen LogP contribution in [0.15, 0.2) is 18.3 Å². The number of ether oxygens (including phenoxy) is 1. The second kappa shape index (κ2) is 5.44. The predicted molar refractivity (Wildman–Crippen MR) is 55.6 cm³/mol. The second-order valence-electron chi connectivity index (χ2n) is 3.14. The number of nitrogens with zero attached hydrogens (tertiary/aromatic N) is 1. The fourth-order valence-electron chi connectivity index (χ4n) is 1.10. The van der Waals surface area contributed by atoms with E-state index in [9.17, 15) is 0 Å². The van der Waals surface area contributed by atoms with E-state index >= 15 is 0 Å². The lowest BCUT2D eigenvalue weighted by atomic mass is 10.2. The molecule has 0 aliphatic heterocycles. The summed E-state index contributed by atoms with van der Waals surface area (Å²) in [4.78, 5) is 4.15. The van der Waals surface area contributed by atoms with Crippen LogP contribution < -0.4 is 10.1 Å². The summed E-state index contributed by atoms with van der Waals surface area (Å²) in [6.07, 6.45) is 2.38. The molecule has 0 saturated carbocycles. The monoisotopic (exact) mass is 196 g/mol. The van der Waals surface area contributed by atoms with Gasteiger partial charge in [0.25, 0.3) is 0 Å². The van der Waals surface area contributed by atoms with Crippen molar-refractivity contribution in [1.29, 1.82) is 0 Å². The van der Waals surface area contributed by atoms with Crippen molar-refractivity contribution in [2.45, 2.75) is 19.4 Å². The molecule has 1 aromatic rings. The van der Waals surface area contributed by atoms with Gasteiger partial charge in [-0.3, -0.25) is 0 Å². The molecule has 4 nitrogen and oxygen atoms in total. The largest absolute Gasteiger partial charge is 0.495 e. The first-order valence-corrected chi connectivity index (χ1v) is 4.63. The number of aromatic nitrogens is 1. The molecular weight excluding hydrogens is 180 g/mol. The van der Waals surface area contributed by atoms with Gasteiger partial charge in [-0.25, -0.2) is 4.98 Å². The average molecular weight is 196 g/mol. The molecule has 0 aromatic carbocycles. The van der Waals surface area contributed by atoms with Crippen molar-refractivity contribution < 1.29 is 9.84 Å². The fraction of sp³-hybridized carbons (Fsp3) is 0.500. The Kier molecular flexibility index (Phi) is 4.19. The minimum Gasteiger partial charge on any atom is -0.495 e. The highest BCUT2D eigenvalue weighted by atomic mass is 16.5. The molecule has 2 N–H and O–H groups in total. The maximum Gasteiger partial charge on any atom is 0.137 e. The molecule has 1 unspecified atom stereocenters. The summed E-state index contributed by atoms with van der Waals surface area (Å²) in [5.41, 5.74) is 0. The highest BCUT2D eigenvalue weighted by Crippen LogP contribution is 2.12. The molecule has 0 amide bonds. The Balaban J connectivity index is 2.50. The van der Waals surface area contributed by atoms with E-state index in [0.29, 0.717) is 6.42 Å². The molecule has 0 spiro atoms. The SMILES string of the molecule is COc1ccc(NC(C)CCO)nc1. The Morgan fingerprint density at radius 1 is 1.57 bits per heavy atom. The molecule has 0 saturated heterocycles. The summed E-state index contributed by atoms with van der Waals surface area (Å²) in [5, 5.41) is 11.9. The smallest absolute Gasteiger partial charge is 0.137 e. The third kappa shape index (κ3) is 3.22. The lowest BCUT2D eigenvalue weighted by Gasteiger charge is -2.12. The van der Waals surface area contributed by atoms with Crippen LogP contribution in [0.1, 0.15) is 13.3 Å². The van der Waals surface area contributed by atoms with Crippen LogP contribution in [-0.2, 0) is 0 Å². The number of nitrogens with one attached hydrogen (secondary N) is 1. The Labute approximate surface area is 83.9 Å². The molecule has 1 rings (SSSR count). The zero-order valence-corrected chi connectivity index (χ0v) is 8.53. The number of aliphatic hydroxyl groups is 1. The average Bonchev–Trinajstić information content (AvgIpc) is 2.19. The van der Waals surface area contributed by atoms with E-state index in [0.717, 1.165) is 11.6 Å². The maximum atomic E-state index is 8.72. The number of rotatable bonds is 5. The van der Waals surface area contributed by atoms with Gasteiger partial charge < -0.3 is 15.2 Å². The fourth-order valence-corrected chi connectivity index (χ4v) is 1.10. The molecule has 0 bridgehead atoms. The van der Waals surface area contributed by atoms with Crippen LogP contribution in [0, 0.1) is 0 Å². The first-order valence-electron chi connectivity index (χ1n) is 4.63. The van der Waals surface area contributed by atoms with E-state index < -0.39 is 0 Å². The van der Waals surface area contributed by atoms with Gasteiger partial charge in [0.1, 0.15) is 11.6 Å². The summed E-state index contributed by atoms with van der Waals surface area (Å²) < 4.78 is 4.99. The topological polar surface area (TPSA) is 54.4 Å². The Bertz CT molecular complexity index is 261. The van der Waals surface area contributed by atoms with Gasteiger partial charge in [-0.05, 0) is 25.5 Å². The van der Waals surface area contributed by atoms with E-state index in [1.165, 1.54) is 0 Å². The van der Waals surface area contributed by atoms with Crippen LogP contribution in [0.4, 0.5) is 5.82 Å². The molecule has 14 heavy (non-hydrogen) atoms. The summed E-state index contributed by atoms with van der Waals surface area (Å²) in [7, 11) is 1.61. The summed E-state index contributed by atoms with van der Waals surface area (Å²) in [6.45, 7) is 2.19. The van der Waals surface area contributed by atoms with Crippen molar-refractivity contribution in [2.75, 3.05) is 19.0 Å². The molecule has 0 aliphatic rings. The zero-order chi connectivity index (χ0) is 10.4. The number of pyridine rings is 1. The third-order valence-corrected chi connectivity index (χ3v) is 1.93. The van der Waals surface area contributed by atoms with E-state index in [1.54, 1.807) is 13.3 Å². The molecule has 1 heterocycles. The van der Waals surface area contributed by atoms with Gasteiger partial charge in [0, 0.05) is 12.6 Å². The summed E-state index contributed by atoms with van der Waals surface area (Å²) in [5.74, 6) is 1.54. The minimum absolute atomic E-state index is 0.185. The van der Waals surface area contributed by atoms with E-state index in [2.05, 4.69) is 10.3 Å². The van der Waals surface area contributed by atoms with Crippen molar-refractivity contribution in [3.8, 4) is 5.75 Å². The molecule has 78 valence electrons. The van der Waals surface area contributed by atoms with Crippen LogP contribution in [0.3, 0.4) is 0 Å². The first kappa shape index (κ1) is 10.8. The number of hydrogen-bond acceptors (Lipinski definition) is 4. The molecular formula is C10H16N2O2. The maximum absolute atomic E-state index is 8.72. The predicted octanol–water partition coefficient (Wildman–Crippen LogP) is 1.27. The molecule has 1 atom stereocenters. The number of anilines is 1. The lowest BCUT2D eigenvalue weighted by Crippen LogP contribution is -2.17. The van der Waals surface area contributed by atoms with Gasteiger partial charge in [-0.2, -0.15) is 0 Å². The van der Waals surface area contributed by atoms with Gasteiger partial charge >= 0.3 is 0 Å². The molecule has 0 fully saturated rings. The molecule has 0 aliphatic carbocycles. The minimum atomic E-state index is 0.185. The Morgan fingerprint density at radius 3 is 2.86 bits per heavy atom. The summed E-state index contributed by atoms with van der Waals surface area (Å²) in [6, 6.07) is 3.93. The van der Waals surface area contributed by atoms with E-state index in [1.807, 2.05) is 19.1 Å². The summed E-state index contributed by atoms with van der Waals surface area (Å²) >= 11 is 0. The number of hydrogen-bond donors (Lipinski definition) is 2. The third-order valence-electron chi connectivity index (χ3n) is 1.93. The van der Waals surface area contributed by atoms with Crippen LogP contribution in [0.25, 0.3) is 0 Å². The van der Waals surface area contributed by atoms with Gasteiger partial charge in [0.15, 0.2) is 0 Å². The first-order chi connectivity index (χ1) is 6.76. The van der Waals surface area contributed by atoms with Crippen molar-refractivity contribution >= 4 is 5.82 Å². The van der Waals surface area contributed by atoms with Crippen LogP contribution in [0.5, 0.6) is 5.75 Å². The Morgan fingerprint density at radius 2 is 2.36 bits per heavy atom. The second-order valence-corrected chi connectivity index (χ2v) is 3.14. The normalized spacial score (nSPS) is 12.2. The number of methoxy groups -OCH3 is 1. The molecule has 0 radical (unpaired) electrons. The van der Waals surface area contributed by atoms with Crippen molar-refractivity contribution in [3.05, 3.63) is 18.3 Å². The highest BCUT2D eigenvalue weighted by Gasteiger charge is 2.01. The highest BCUT2D eigenvalue weighted by molar-refractivity contribution is 5.38. The Hall–Kier alpha value is -1.29. The van der Waals surface area contributed by atoms with Crippen molar-refractivity contribution in [1.82, 2.24) is 4.98 Å². The van der Waals surface area contributed by atoms with E-state index in [4.69, 9.17) is 9.84 Å². The van der Waals surface area contributed by atoms with Crippen LogP contribution in [0.2, 0.25) is 0 Å². The van der Waals surface area contributed by atoms with E-state index in [-0.39, 0.29) is 12.6 Å². The number of aliphatic hydroxyl groups excluding tert-OH is 1. The quantitative estimate of drug-likeness (QED) is 0.744. The molecule has 1 aromatic heterocycles. The standard InChI is InChI=1S/C10H16N2O2/c1-8(5-6-13)12-10-4-3-9(14-2)7-11-10/h3-4,7-8,13H,5-6H2,1-2H3,(H,11,12). The molecule has 4 heteroatoms. The van der Waals surface area contributed by atoms with Gasteiger partial charge in [0.05, 0.1) is 13.3 Å². The van der Waals surface area contributed by atoms with Crippen molar-refractivity contribution in [2.24, 2.45) is 0 Å². The van der Waals surface area contributed by atoms with Gasteiger partial charge in [0.2, 0.25) is 0 Å². The van der Waals surface area contributed by atoms with Crippen molar-refractivity contribution in [3.63, 3.8) is 0 Å². The van der Waals surface area contributed by atoms with Gasteiger partial charge in [-0.15, -0.1) is 0 Å². The van der Waals surface area contributed by atoms with Crippen LogP contribution >= 0.6 is 0 Å². The van der Waals surface area contributed by atoms with Crippen LogP contribution in [-0.4, -0.2) is 29.8 Å².